The number of alkyl halides is 1. The summed E-state index contributed by atoms with van der Waals surface area (Å²) in [7, 11) is -2.98. The quantitative estimate of drug-likeness (QED) is 0.106. The van der Waals surface area contributed by atoms with Crippen LogP contribution in [0.1, 0.15) is 63.8 Å². The van der Waals surface area contributed by atoms with Crippen molar-refractivity contribution in [2.45, 2.75) is 90.6 Å². The zero-order chi connectivity index (χ0) is 30.9. The summed E-state index contributed by atoms with van der Waals surface area (Å²) in [4.78, 5) is 7.36. The minimum absolute atomic E-state index is 0.151. The van der Waals surface area contributed by atoms with Gasteiger partial charge in [0.1, 0.15) is 16.1 Å². The van der Waals surface area contributed by atoms with Crippen LogP contribution in [0.4, 0.5) is 0 Å². The number of nitrogens with zero attached hydrogens (tertiary/aromatic N) is 2. The molecule has 0 atom stereocenters. The number of aliphatic hydroxyl groups is 1. The van der Waals surface area contributed by atoms with Crippen LogP contribution in [-0.2, 0) is 12.8 Å². The van der Waals surface area contributed by atoms with E-state index >= 15 is 0 Å². The molecular weight excluding hydrogens is 616 g/mol. The molecule has 4 rings (SSSR count). The SMILES string of the molecule is CC[Si](CC)(CC)c1[nH]c2ccc(C#N)cc2c1CCBr.CC[Si](CC)(CC)c1[nH]c2ccc(C#N)cc2c1CCO. The van der Waals surface area contributed by atoms with Crippen LogP contribution in [0.2, 0.25) is 36.3 Å². The van der Waals surface area contributed by atoms with Crippen molar-refractivity contribution in [3.05, 3.63) is 58.7 Å². The summed E-state index contributed by atoms with van der Waals surface area (Å²) in [6, 6.07) is 23.7. The molecule has 0 bridgehead atoms. The maximum absolute atomic E-state index is 9.47. The molecule has 3 N–H and O–H groups in total. The smallest absolute Gasteiger partial charge is 0.107 e. The number of hydrogen-bond donors (Lipinski definition) is 3. The minimum Gasteiger partial charge on any atom is -0.396 e. The number of halogens is 1. The second kappa shape index (κ2) is 15.2. The average Bonchev–Trinajstić information content (AvgIpc) is 3.58. The molecule has 0 amide bonds. The number of aliphatic hydroxyl groups excluding tert-OH is 1. The van der Waals surface area contributed by atoms with Gasteiger partial charge in [-0.2, -0.15) is 10.5 Å². The summed E-state index contributed by atoms with van der Waals surface area (Å²) >= 11 is 3.60. The lowest BCUT2D eigenvalue weighted by Gasteiger charge is -2.28. The molecule has 0 radical (unpaired) electrons. The highest BCUT2D eigenvalue weighted by atomic mass is 79.9. The van der Waals surface area contributed by atoms with Crippen molar-refractivity contribution in [1.29, 1.82) is 10.5 Å². The van der Waals surface area contributed by atoms with Gasteiger partial charge in [0.15, 0.2) is 0 Å². The minimum atomic E-state index is -1.54. The Hall–Kier alpha value is -2.63. The lowest BCUT2D eigenvalue weighted by Crippen LogP contribution is -2.48. The summed E-state index contributed by atoms with van der Waals surface area (Å²) < 4.78 is 0. The number of rotatable bonds is 12. The lowest BCUT2D eigenvalue weighted by molar-refractivity contribution is 0.300. The third kappa shape index (κ3) is 6.48. The Morgan fingerprint density at radius 1 is 0.667 bits per heavy atom. The van der Waals surface area contributed by atoms with Gasteiger partial charge in [-0.15, -0.1) is 0 Å². The first-order chi connectivity index (χ1) is 20.3. The zero-order valence-corrected chi connectivity index (χ0v) is 29.8. The van der Waals surface area contributed by atoms with Crippen LogP contribution in [0.15, 0.2) is 36.4 Å². The van der Waals surface area contributed by atoms with Gasteiger partial charge in [0, 0.05) is 44.4 Å². The summed E-state index contributed by atoms with van der Waals surface area (Å²) in [6.07, 6.45) is 1.69. The predicted molar refractivity (Wildman–Crippen MR) is 188 cm³/mol. The van der Waals surface area contributed by atoms with Crippen molar-refractivity contribution >= 4 is 64.5 Å². The van der Waals surface area contributed by atoms with Gasteiger partial charge >= 0.3 is 0 Å². The van der Waals surface area contributed by atoms with Crippen LogP contribution in [0.3, 0.4) is 0 Å². The van der Waals surface area contributed by atoms with E-state index in [1.807, 2.05) is 30.3 Å². The van der Waals surface area contributed by atoms with E-state index < -0.39 is 16.1 Å². The van der Waals surface area contributed by atoms with Crippen molar-refractivity contribution in [3.8, 4) is 12.1 Å². The lowest BCUT2D eigenvalue weighted by atomic mass is 10.1. The molecule has 224 valence electrons. The van der Waals surface area contributed by atoms with Crippen molar-refractivity contribution < 1.29 is 5.11 Å². The van der Waals surface area contributed by atoms with E-state index in [0.29, 0.717) is 12.0 Å². The van der Waals surface area contributed by atoms with E-state index in [2.05, 4.69) is 85.6 Å². The van der Waals surface area contributed by atoms with E-state index in [-0.39, 0.29) is 6.61 Å². The highest BCUT2D eigenvalue weighted by Gasteiger charge is 2.35. The number of benzene rings is 2. The molecular formula is C34H47BrN4OSi2. The van der Waals surface area contributed by atoms with Gasteiger partial charge in [-0.05, 0) is 60.4 Å². The summed E-state index contributed by atoms with van der Waals surface area (Å²) in [5.41, 5.74) is 6.40. The molecule has 2 heterocycles. The zero-order valence-electron chi connectivity index (χ0n) is 26.3. The second-order valence-corrected chi connectivity index (χ2v) is 22.5. The number of aryl methyl sites for hydroxylation is 1. The van der Waals surface area contributed by atoms with Crippen LogP contribution >= 0.6 is 15.9 Å². The maximum Gasteiger partial charge on any atom is 0.107 e. The Morgan fingerprint density at radius 3 is 1.36 bits per heavy atom. The van der Waals surface area contributed by atoms with Gasteiger partial charge in [-0.25, -0.2) is 0 Å². The number of hydrogen-bond acceptors (Lipinski definition) is 3. The van der Waals surface area contributed by atoms with E-state index in [1.165, 1.54) is 68.9 Å². The van der Waals surface area contributed by atoms with Gasteiger partial charge in [-0.3, -0.25) is 0 Å². The number of nitrogens with one attached hydrogen (secondary N) is 2. The van der Waals surface area contributed by atoms with Gasteiger partial charge in [0.2, 0.25) is 0 Å². The fraction of sp³-hybridized carbons (Fsp3) is 0.471. The van der Waals surface area contributed by atoms with Crippen molar-refractivity contribution in [2.75, 3.05) is 11.9 Å². The standard InChI is InChI=1S/C17H23BrN2Si.C17H24N2OSi/c1-4-21(5-2,6-3)17-14(9-10-18)15-11-13(12-19)7-8-16(15)20-17;1-4-21(5-2,6-3)17-14(9-10-20)15-11-13(12-18)7-8-16(15)19-17/h7-8,11,20H,4-6,9-10H2,1-3H3;7-8,11,19-20H,4-6,9-10H2,1-3H3. The molecule has 8 heteroatoms. The molecule has 0 aliphatic rings. The van der Waals surface area contributed by atoms with Gasteiger partial charge in [-0.1, -0.05) is 93.7 Å². The Morgan fingerprint density at radius 2 is 1.05 bits per heavy atom. The Labute approximate surface area is 262 Å². The molecule has 0 fully saturated rings. The van der Waals surface area contributed by atoms with Crippen molar-refractivity contribution in [2.24, 2.45) is 0 Å². The van der Waals surface area contributed by atoms with Gasteiger partial charge in [0.25, 0.3) is 0 Å². The molecule has 0 aliphatic carbocycles. The fourth-order valence-electron chi connectivity index (χ4n) is 6.83. The third-order valence-corrected chi connectivity index (χ3v) is 21.4. The van der Waals surface area contributed by atoms with E-state index in [9.17, 15) is 5.11 Å². The van der Waals surface area contributed by atoms with Crippen LogP contribution in [0.25, 0.3) is 21.8 Å². The molecule has 4 aromatic rings. The van der Waals surface area contributed by atoms with Gasteiger partial charge in [0.05, 0.1) is 23.3 Å². The number of H-pyrrole nitrogens is 2. The Kier molecular flexibility index (Phi) is 12.3. The molecule has 2 aromatic heterocycles. The van der Waals surface area contributed by atoms with Gasteiger partial charge < -0.3 is 15.1 Å². The molecule has 0 spiro atoms. The van der Waals surface area contributed by atoms with Crippen LogP contribution < -0.4 is 10.6 Å². The van der Waals surface area contributed by atoms with Crippen LogP contribution in [-0.4, -0.2) is 43.2 Å². The number of fused-ring (bicyclic) bond motifs is 2. The summed E-state index contributed by atoms with van der Waals surface area (Å²) in [5.74, 6) is 0. The molecule has 0 unspecified atom stereocenters. The highest BCUT2D eigenvalue weighted by molar-refractivity contribution is 9.09. The molecule has 42 heavy (non-hydrogen) atoms. The molecule has 0 saturated carbocycles. The molecule has 5 nitrogen and oxygen atoms in total. The molecule has 0 saturated heterocycles. The van der Waals surface area contributed by atoms with Crippen LogP contribution in [0, 0.1) is 22.7 Å². The van der Waals surface area contributed by atoms with E-state index in [0.717, 1.165) is 28.2 Å². The van der Waals surface area contributed by atoms with Crippen LogP contribution in [0.5, 0.6) is 0 Å². The topological polar surface area (TPSA) is 99.4 Å². The predicted octanol–water partition coefficient (Wildman–Crippen LogP) is 7.98. The largest absolute Gasteiger partial charge is 0.396 e. The maximum atomic E-state index is 9.47. The van der Waals surface area contributed by atoms with Crippen molar-refractivity contribution in [1.82, 2.24) is 9.97 Å². The monoisotopic (exact) mass is 662 g/mol. The van der Waals surface area contributed by atoms with Crippen molar-refractivity contribution in [3.63, 3.8) is 0 Å². The summed E-state index contributed by atoms with van der Waals surface area (Å²) in [6.45, 7) is 14.0. The average molecular weight is 664 g/mol. The normalized spacial score (nSPS) is 11.8. The van der Waals surface area contributed by atoms with E-state index in [4.69, 9.17) is 10.5 Å². The second-order valence-electron chi connectivity index (χ2n) is 11.3. The Bertz CT molecular complexity index is 1430. The highest BCUT2D eigenvalue weighted by Crippen LogP contribution is 2.29. The third-order valence-electron chi connectivity index (χ3n) is 9.90. The molecule has 0 aliphatic heterocycles. The fourth-order valence-corrected chi connectivity index (χ4v) is 14.9. The summed E-state index contributed by atoms with van der Waals surface area (Å²) in [5, 5.41) is 34.0. The molecule has 2 aromatic carbocycles. The van der Waals surface area contributed by atoms with E-state index in [1.54, 1.807) is 0 Å². The Balaban J connectivity index is 0.000000230. The number of nitriles is 2. The number of aromatic nitrogens is 2. The first kappa shape index (κ1) is 33.9. The first-order valence-corrected chi connectivity index (χ1v) is 21.9. The number of aromatic amines is 2. The first-order valence-electron chi connectivity index (χ1n) is 15.6.